The van der Waals surface area contributed by atoms with Crippen LogP contribution < -0.4 is 5.32 Å². The SMILES string of the molecule is CCC(CC)C(NC(=O)c1ccc(Cl)o1)c1ccccc1. The van der Waals surface area contributed by atoms with E-state index >= 15 is 0 Å². The second-order valence-electron chi connectivity index (χ2n) is 5.04. The summed E-state index contributed by atoms with van der Waals surface area (Å²) in [6, 6.07) is 13.2. The van der Waals surface area contributed by atoms with E-state index in [-0.39, 0.29) is 22.9 Å². The molecule has 1 heterocycles. The quantitative estimate of drug-likeness (QED) is 0.829. The molecule has 3 nitrogen and oxygen atoms in total. The molecule has 112 valence electrons. The lowest BCUT2D eigenvalue weighted by molar-refractivity contribution is 0.0891. The van der Waals surface area contributed by atoms with Gasteiger partial charge in [-0.1, -0.05) is 57.0 Å². The molecule has 1 aromatic heterocycles. The third-order valence-corrected chi connectivity index (χ3v) is 3.97. The zero-order valence-electron chi connectivity index (χ0n) is 12.3. The van der Waals surface area contributed by atoms with E-state index < -0.39 is 0 Å². The van der Waals surface area contributed by atoms with Crippen molar-refractivity contribution in [1.82, 2.24) is 5.32 Å². The molecule has 1 unspecified atom stereocenters. The van der Waals surface area contributed by atoms with Gasteiger partial charge in [-0.15, -0.1) is 0 Å². The van der Waals surface area contributed by atoms with Crippen LogP contribution in [0.2, 0.25) is 5.22 Å². The number of carbonyl (C=O) groups excluding carboxylic acids is 1. The van der Waals surface area contributed by atoms with Crippen LogP contribution in [0, 0.1) is 5.92 Å². The van der Waals surface area contributed by atoms with E-state index in [1.165, 1.54) is 0 Å². The number of carbonyl (C=O) groups is 1. The Kier molecular flexibility index (Phi) is 5.45. The normalized spacial score (nSPS) is 12.4. The Bertz CT molecular complexity index is 575. The van der Waals surface area contributed by atoms with Crippen molar-refractivity contribution in [3.63, 3.8) is 0 Å². The second-order valence-corrected chi connectivity index (χ2v) is 5.41. The standard InChI is InChI=1S/C17H20ClNO2/c1-3-12(4-2)16(13-8-6-5-7-9-13)19-17(20)14-10-11-15(18)21-14/h5-12,16H,3-4H2,1-2H3,(H,19,20). The first kappa shape index (κ1) is 15.6. The molecule has 0 spiro atoms. The average Bonchev–Trinajstić information content (AvgIpc) is 2.95. The zero-order valence-corrected chi connectivity index (χ0v) is 13.1. The third-order valence-electron chi connectivity index (χ3n) is 3.76. The topological polar surface area (TPSA) is 42.2 Å². The van der Waals surface area contributed by atoms with Crippen molar-refractivity contribution >= 4 is 17.5 Å². The molecule has 0 fully saturated rings. The maximum atomic E-state index is 12.3. The maximum absolute atomic E-state index is 12.3. The number of hydrogen-bond acceptors (Lipinski definition) is 2. The number of amides is 1. The highest BCUT2D eigenvalue weighted by Gasteiger charge is 2.24. The van der Waals surface area contributed by atoms with Gasteiger partial charge in [-0.2, -0.15) is 0 Å². The van der Waals surface area contributed by atoms with Crippen LogP contribution in [0.1, 0.15) is 48.8 Å². The Balaban J connectivity index is 2.22. The summed E-state index contributed by atoms with van der Waals surface area (Å²) in [6.45, 7) is 4.28. The Morgan fingerprint density at radius 3 is 2.33 bits per heavy atom. The third kappa shape index (κ3) is 3.88. The van der Waals surface area contributed by atoms with Crippen LogP contribution in [-0.2, 0) is 0 Å². The summed E-state index contributed by atoms with van der Waals surface area (Å²) in [7, 11) is 0. The van der Waals surface area contributed by atoms with Gasteiger partial charge in [0.15, 0.2) is 11.0 Å². The molecular weight excluding hydrogens is 286 g/mol. The summed E-state index contributed by atoms with van der Waals surface area (Å²) in [5, 5.41) is 3.29. The molecule has 4 heteroatoms. The van der Waals surface area contributed by atoms with Crippen LogP contribution in [0.15, 0.2) is 46.9 Å². The maximum Gasteiger partial charge on any atom is 0.287 e. The molecule has 1 aromatic carbocycles. The van der Waals surface area contributed by atoms with E-state index in [2.05, 4.69) is 19.2 Å². The van der Waals surface area contributed by atoms with Crippen molar-refractivity contribution in [2.24, 2.45) is 5.92 Å². The van der Waals surface area contributed by atoms with E-state index in [0.29, 0.717) is 5.92 Å². The highest BCUT2D eigenvalue weighted by atomic mass is 35.5. The fraction of sp³-hybridized carbons (Fsp3) is 0.353. The molecule has 0 bridgehead atoms. The van der Waals surface area contributed by atoms with Gasteiger partial charge in [-0.3, -0.25) is 4.79 Å². The van der Waals surface area contributed by atoms with Gasteiger partial charge in [-0.25, -0.2) is 0 Å². The summed E-state index contributed by atoms with van der Waals surface area (Å²) < 4.78 is 5.18. The van der Waals surface area contributed by atoms with Crippen LogP contribution in [-0.4, -0.2) is 5.91 Å². The number of nitrogens with one attached hydrogen (secondary N) is 1. The average molecular weight is 306 g/mol. The first-order valence-corrected chi connectivity index (χ1v) is 7.64. The van der Waals surface area contributed by atoms with E-state index in [4.69, 9.17) is 16.0 Å². The van der Waals surface area contributed by atoms with Crippen molar-refractivity contribution in [1.29, 1.82) is 0 Å². The first-order chi connectivity index (χ1) is 10.2. The summed E-state index contributed by atoms with van der Waals surface area (Å²) >= 11 is 5.73. The second kappa shape index (κ2) is 7.32. The zero-order chi connectivity index (χ0) is 15.2. The molecule has 0 aliphatic carbocycles. The number of halogens is 1. The Morgan fingerprint density at radius 2 is 1.81 bits per heavy atom. The lowest BCUT2D eigenvalue weighted by Gasteiger charge is -2.26. The molecule has 2 aromatic rings. The minimum absolute atomic E-state index is 0.0300. The largest absolute Gasteiger partial charge is 0.440 e. The molecule has 0 aliphatic heterocycles. The molecule has 1 amide bonds. The lowest BCUT2D eigenvalue weighted by Crippen LogP contribution is -2.33. The first-order valence-electron chi connectivity index (χ1n) is 7.26. The van der Waals surface area contributed by atoms with E-state index in [0.717, 1.165) is 18.4 Å². The fourth-order valence-corrected chi connectivity index (χ4v) is 2.69. The van der Waals surface area contributed by atoms with E-state index in [9.17, 15) is 4.79 Å². The lowest BCUT2D eigenvalue weighted by atomic mass is 9.88. The van der Waals surface area contributed by atoms with Gasteiger partial charge in [0, 0.05) is 0 Å². The fourth-order valence-electron chi connectivity index (χ4n) is 2.54. The molecule has 2 rings (SSSR count). The highest BCUT2D eigenvalue weighted by Crippen LogP contribution is 2.28. The van der Waals surface area contributed by atoms with Gasteiger partial charge in [0.2, 0.25) is 0 Å². The van der Waals surface area contributed by atoms with Gasteiger partial charge in [-0.05, 0) is 35.2 Å². The molecule has 21 heavy (non-hydrogen) atoms. The highest BCUT2D eigenvalue weighted by molar-refractivity contribution is 6.29. The summed E-state index contributed by atoms with van der Waals surface area (Å²) in [5.41, 5.74) is 1.11. The summed E-state index contributed by atoms with van der Waals surface area (Å²) in [5.74, 6) is 0.385. The molecule has 0 saturated carbocycles. The minimum Gasteiger partial charge on any atom is -0.440 e. The van der Waals surface area contributed by atoms with Crippen LogP contribution >= 0.6 is 11.6 Å². The smallest absolute Gasteiger partial charge is 0.287 e. The molecule has 0 aliphatic rings. The Hall–Kier alpha value is -1.74. The Morgan fingerprint density at radius 1 is 1.14 bits per heavy atom. The van der Waals surface area contributed by atoms with E-state index in [1.807, 2.05) is 30.3 Å². The van der Waals surface area contributed by atoms with Gasteiger partial charge in [0.25, 0.3) is 5.91 Å². The molecule has 1 atom stereocenters. The van der Waals surface area contributed by atoms with Gasteiger partial charge >= 0.3 is 0 Å². The number of hydrogen-bond donors (Lipinski definition) is 1. The van der Waals surface area contributed by atoms with Crippen LogP contribution in [0.3, 0.4) is 0 Å². The van der Waals surface area contributed by atoms with Crippen LogP contribution in [0.4, 0.5) is 0 Å². The minimum atomic E-state index is -0.234. The van der Waals surface area contributed by atoms with Crippen LogP contribution in [0.5, 0.6) is 0 Å². The molecule has 0 saturated heterocycles. The van der Waals surface area contributed by atoms with Gasteiger partial charge < -0.3 is 9.73 Å². The Labute approximate surface area is 130 Å². The summed E-state index contributed by atoms with van der Waals surface area (Å²) in [6.07, 6.45) is 1.99. The number of furan rings is 1. The summed E-state index contributed by atoms with van der Waals surface area (Å²) in [4.78, 5) is 12.3. The van der Waals surface area contributed by atoms with Crippen molar-refractivity contribution in [2.45, 2.75) is 32.7 Å². The van der Waals surface area contributed by atoms with Crippen LogP contribution in [0.25, 0.3) is 0 Å². The van der Waals surface area contributed by atoms with Gasteiger partial charge in [0.05, 0.1) is 6.04 Å². The predicted molar refractivity (Wildman–Crippen MR) is 84.4 cm³/mol. The van der Waals surface area contributed by atoms with Crippen molar-refractivity contribution in [3.05, 3.63) is 59.0 Å². The van der Waals surface area contributed by atoms with E-state index in [1.54, 1.807) is 12.1 Å². The monoisotopic (exact) mass is 305 g/mol. The van der Waals surface area contributed by atoms with Crippen molar-refractivity contribution in [2.75, 3.05) is 0 Å². The number of rotatable bonds is 6. The number of benzene rings is 1. The van der Waals surface area contributed by atoms with Crippen molar-refractivity contribution in [3.8, 4) is 0 Å². The molecular formula is C17H20ClNO2. The van der Waals surface area contributed by atoms with Crippen molar-refractivity contribution < 1.29 is 9.21 Å². The molecule has 1 N–H and O–H groups in total. The van der Waals surface area contributed by atoms with Gasteiger partial charge in [0.1, 0.15) is 0 Å². The molecule has 0 radical (unpaired) electrons. The predicted octanol–water partition coefficient (Wildman–Crippen LogP) is 4.84.